The zero-order valence-corrected chi connectivity index (χ0v) is 21.1. The summed E-state index contributed by atoms with van der Waals surface area (Å²) in [6.45, 7) is 1.43. The van der Waals surface area contributed by atoms with Crippen molar-refractivity contribution < 1.29 is 19.1 Å². The highest BCUT2D eigenvalue weighted by atomic mass is 32.1. The zero-order chi connectivity index (χ0) is 26.0. The first-order valence-electron chi connectivity index (χ1n) is 12.1. The number of amides is 1. The molecule has 1 aromatic heterocycles. The van der Waals surface area contributed by atoms with Crippen LogP contribution >= 0.6 is 11.3 Å². The summed E-state index contributed by atoms with van der Waals surface area (Å²) in [4.78, 5) is 29.9. The van der Waals surface area contributed by atoms with Crippen LogP contribution in [0.15, 0.2) is 84.2 Å². The molecule has 37 heavy (non-hydrogen) atoms. The lowest BCUT2D eigenvalue weighted by atomic mass is 10.1. The fourth-order valence-corrected chi connectivity index (χ4v) is 4.78. The van der Waals surface area contributed by atoms with Crippen molar-refractivity contribution in [2.24, 2.45) is 0 Å². The number of hydrogen-bond donors (Lipinski definition) is 2. The Kier molecular flexibility index (Phi) is 8.99. The standard InChI is InChI=1S/C29H28FN3O3S/c30-25-11-5-4-10-24(25)26-20-37-29(32-26)33(18-6-9-21-7-2-1-3-8-21)19-22-12-14-23(15-13-22)28(36)31-17-16-27(34)35/h1-5,7-8,10-15,20H,6,9,16-19H2,(H,31,36)(H,34,35). The van der Waals surface area contributed by atoms with Gasteiger partial charge in [0.2, 0.25) is 0 Å². The number of benzene rings is 3. The third-order valence-corrected chi connectivity index (χ3v) is 6.76. The molecule has 0 aliphatic heterocycles. The van der Waals surface area contributed by atoms with Crippen LogP contribution in [0.25, 0.3) is 11.3 Å². The summed E-state index contributed by atoms with van der Waals surface area (Å²) >= 11 is 1.48. The Morgan fingerprint density at radius 2 is 1.68 bits per heavy atom. The first kappa shape index (κ1) is 26.0. The maximum absolute atomic E-state index is 14.3. The van der Waals surface area contributed by atoms with Crippen molar-refractivity contribution >= 4 is 28.3 Å². The SMILES string of the molecule is O=C(O)CCNC(=O)c1ccc(CN(CCCc2ccccc2)c2nc(-c3ccccc3F)cs2)cc1. The number of nitrogens with zero attached hydrogens (tertiary/aromatic N) is 2. The second kappa shape index (κ2) is 12.8. The molecule has 0 unspecified atom stereocenters. The van der Waals surface area contributed by atoms with Gasteiger partial charge in [0.15, 0.2) is 5.13 Å². The highest BCUT2D eigenvalue weighted by molar-refractivity contribution is 7.14. The van der Waals surface area contributed by atoms with Gasteiger partial charge in [0.25, 0.3) is 5.91 Å². The summed E-state index contributed by atoms with van der Waals surface area (Å²) in [7, 11) is 0. The monoisotopic (exact) mass is 517 g/mol. The molecule has 0 atom stereocenters. The number of nitrogens with one attached hydrogen (secondary N) is 1. The fraction of sp³-hybridized carbons (Fsp3) is 0.207. The predicted molar refractivity (Wildman–Crippen MR) is 144 cm³/mol. The van der Waals surface area contributed by atoms with Crippen molar-refractivity contribution in [3.05, 3.63) is 107 Å². The number of aryl methyl sites for hydroxylation is 1. The molecule has 0 aliphatic rings. The van der Waals surface area contributed by atoms with Crippen molar-refractivity contribution in [2.75, 3.05) is 18.0 Å². The molecule has 6 nitrogen and oxygen atoms in total. The van der Waals surface area contributed by atoms with Crippen LogP contribution in [0.2, 0.25) is 0 Å². The summed E-state index contributed by atoms with van der Waals surface area (Å²) in [5.41, 5.74) is 3.84. The van der Waals surface area contributed by atoms with Gasteiger partial charge in [-0.05, 0) is 48.2 Å². The Balaban J connectivity index is 1.47. The largest absolute Gasteiger partial charge is 0.481 e. The first-order chi connectivity index (χ1) is 18.0. The number of aromatic nitrogens is 1. The Morgan fingerprint density at radius 1 is 0.946 bits per heavy atom. The van der Waals surface area contributed by atoms with Crippen molar-refractivity contribution in [2.45, 2.75) is 25.8 Å². The minimum Gasteiger partial charge on any atom is -0.481 e. The summed E-state index contributed by atoms with van der Waals surface area (Å²) in [5, 5.41) is 14.0. The summed E-state index contributed by atoms with van der Waals surface area (Å²) < 4.78 is 14.3. The average molecular weight is 518 g/mol. The van der Waals surface area contributed by atoms with E-state index < -0.39 is 5.97 Å². The molecule has 0 aliphatic carbocycles. The number of rotatable bonds is 12. The molecule has 3 aromatic carbocycles. The molecule has 4 aromatic rings. The van der Waals surface area contributed by atoms with E-state index in [-0.39, 0.29) is 24.7 Å². The van der Waals surface area contributed by atoms with Crippen LogP contribution in [0, 0.1) is 5.82 Å². The molecule has 4 rings (SSSR count). The van der Waals surface area contributed by atoms with Crippen LogP contribution < -0.4 is 10.2 Å². The van der Waals surface area contributed by atoms with E-state index in [1.54, 1.807) is 30.3 Å². The Hall–Kier alpha value is -4.04. The predicted octanol–water partition coefficient (Wildman–Crippen LogP) is 5.79. The molecule has 0 saturated heterocycles. The van der Waals surface area contributed by atoms with E-state index in [4.69, 9.17) is 10.1 Å². The lowest BCUT2D eigenvalue weighted by Gasteiger charge is -2.22. The van der Waals surface area contributed by atoms with E-state index in [1.165, 1.54) is 23.0 Å². The third-order valence-electron chi connectivity index (χ3n) is 5.86. The van der Waals surface area contributed by atoms with Gasteiger partial charge in [-0.15, -0.1) is 11.3 Å². The maximum Gasteiger partial charge on any atom is 0.305 e. The van der Waals surface area contributed by atoms with Crippen LogP contribution in [-0.4, -0.2) is 35.1 Å². The number of anilines is 1. The van der Waals surface area contributed by atoms with Crippen LogP contribution in [-0.2, 0) is 17.8 Å². The zero-order valence-electron chi connectivity index (χ0n) is 20.3. The number of carbonyl (C=O) groups excluding carboxylic acids is 1. The van der Waals surface area contributed by atoms with Crippen LogP contribution in [0.3, 0.4) is 0 Å². The van der Waals surface area contributed by atoms with Gasteiger partial charge in [0.1, 0.15) is 5.82 Å². The normalized spacial score (nSPS) is 10.7. The van der Waals surface area contributed by atoms with Gasteiger partial charge in [-0.25, -0.2) is 9.37 Å². The van der Waals surface area contributed by atoms with E-state index in [0.29, 0.717) is 23.4 Å². The Labute approximate surface area is 219 Å². The number of aliphatic carboxylic acids is 1. The highest BCUT2D eigenvalue weighted by Crippen LogP contribution is 2.30. The van der Waals surface area contributed by atoms with Crippen molar-refractivity contribution in [3.8, 4) is 11.3 Å². The number of carbonyl (C=O) groups is 2. The molecule has 0 bridgehead atoms. The molecule has 0 radical (unpaired) electrons. The molecule has 0 fully saturated rings. The first-order valence-corrected chi connectivity index (χ1v) is 13.0. The molecule has 1 amide bonds. The van der Waals surface area contributed by atoms with Gasteiger partial charge >= 0.3 is 5.97 Å². The van der Waals surface area contributed by atoms with Crippen molar-refractivity contribution in [1.29, 1.82) is 0 Å². The smallest absolute Gasteiger partial charge is 0.305 e. The van der Waals surface area contributed by atoms with E-state index in [0.717, 1.165) is 30.1 Å². The van der Waals surface area contributed by atoms with Crippen molar-refractivity contribution in [1.82, 2.24) is 10.3 Å². The molecule has 190 valence electrons. The van der Waals surface area contributed by atoms with E-state index in [1.807, 2.05) is 35.7 Å². The third kappa shape index (κ3) is 7.47. The Bertz CT molecular complexity index is 1330. The van der Waals surface area contributed by atoms with Crippen LogP contribution in [0.1, 0.15) is 34.3 Å². The number of carboxylic acid groups (broad SMARTS) is 1. The minimum absolute atomic E-state index is 0.0828. The minimum atomic E-state index is -0.955. The van der Waals surface area contributed by atoms with Gasteiger partial charge in [0, 0.05) is 36.1 Å². The molecule has 1 heterocycles. The number of halogens is 1. The van der Waals surface area contributed by atoms with Gasteiger partial charge in [-0.3, -0.25) is 9.59 Å². The van der Waals surface area contributed by atoms with Gasteiger partial charge in [-0.1, -0.05) is 54.6 Å². The molecule has 0 spiro atoms. The second-order valence-corrected chi connectivity index (χ2v) is 9.44. The molecular formula is C29H28FN3O3S. The summed E-state index contributed by atoms with van der Waals surface area (Å²) in [6.07, 6.45) is 1.73. The quantitative estimate of drug-likeness (QED) is 0.248. The van der Waals surface area contributed by atoms with Gasteiger partial charge in [0.05, 0.1) is 12.1 Å². The Morgan fingerprint density at radius 3 is 2.41 bits per heavy atom. The second-order valence-electron chi connectivity index (χ2n) is 8.60. The van der Waals surface area contributed by atoms with Crippen LogP contribution in [0.5, 0.6) is 0 Å². The maximum atomic E-state index is 14.3. The van der Waals surface area contributed by atoms with Gasteiger partial charge in [-0.2, -0.15) is 0 Å². The number of thiazole rings is 1. The molecular weight excluding hydrogens is 489 g/mol. The molecule has 0 saturated carbocycles. The molecule has 2 N–H and O–H groups in total. The lowest BCUT2D eigenvalue weighted by Crippen LogP contribution is -2.26. The highest BCUT2D eigenvalue weighted by Gasteiger charge is 2.15. The fourth-order valence-electron chi connectivity index (χ4n) is 3.93. The van der Waals surface area contributed by atoms with E-state index in [9.17, 15) is 14.0 Å². The number of hydrogen-bond acceptors (Lipinski definition) is 5. The van der Waals surface area contributed by atoms with Crippen LogP contribution in [0.4, 0.5) is 9.52 Å². The number of carboxylic acids is 1. The topological polar surface area (TPSA) is 82.5 Å². The average Bonchev–Trinajstić information content (AvgIpc) is 3.39. The lowest BCUT2D eigenvalue weighted by molar-refractivity contribution is -0.136. The van der Waals surface area contributed by atoms with Crippen molar-refractivity contribution in [3.63, 3.8) is 0 Å². The molecule has 8 heteroatoms. The van der Waals surface area contributed by atoms with Gasteiger partial charge < -0.3 is 15.3 Å². The van der Waals surface area contributed by atoms with E-state index in [2.05, 4.69) is 22.3 Å². The summed E-state index contributed by atoms with van der Waals surface area (Å²) in [6, 6.07) is 24.2. The summed E-state index contributed by atoms with van der Waals surface area (Å²) in [5.74, 6) is -1.56. The van der Waals surface area contributed by atoms with E-state index >= 15 is 0 Å².